The van der Waals surface area contributed by atoms with Crippen LogP contribution in [0.3, 0.4) is 0 Å². The Morgan fingerprint density at radius 3 is 2.07 bits per heavy atom. The highest BCUT2D eigenvalue weighted by Gasteiger charge is 2.44. The fourth-order valence-corrected chi connectivity index (χ4v) is 7.87. The summed E-state index contributed by atoms with van der Waals surface area (Å²) in [5.41, 5.74) is 4.75. The molecular formula is C23H25NO4S. The highest BCUT2D eigenvalue weighted by molar-refractivity contribution is 7.92. The second kappa shape index (κ2) is 7.17. The summed E-state index contributed by atoms with van der Waals surface area (Å²) in [6, 6.07) is 16.4. The summed E-state index contributed by atoms with van der Waals surface area (Å²) >= 11 is 0. The number of carbonyl (C=O) groups is 1. The molecule has 1 amide bonds. The fraction of sp³-hybridized carbons (Fsp3) is 0.435. The molecule has 152 valence electrons. The third kappa shape index (κ3) is 3.23. The lowest BCUT2D eigenvalue weighted by molar-refractivity contribution is 0.136. The number of carbonyl (C=O) groups excluding carboxylic acids is 1. The molecule has 2 aromatic rings. The summed E-state index contributed by atoms with van der Waals surface area (Å²) in [7, 11) is -3.02. The summed E-state index contributed by atoms with van der Waals surface area (Å²) in [6.45, 7) is 0.276. The van der Waals surface area contributed by atoms with E-state index in [1.165, 1.54) is 22.3 Å². The Bertz CT molecular complexity index is 983. The van der Waals surface area contributed by atoms with Crippen LogP contribution in [-0.2, 0) is 14.6 Å². The van der Waals surface area contributed by atoms with Crippen LogP contribution in [0.2, 0.25) is 0 Å². The van der Waals surface area contributed by atoms with Gasteiger partial charge in [-0.25, -0.2) is 13.2 Å². The Hall–Kier alpha value is -2.34. The standard InChI is InChI=1S/C23H25NO4S/c25-23(24-15-12-16-6-5-7-17(13-15)29(16,26)27)28-14-22-20-10-3-1-8-18(20)19-9-2-4-11-21(19)22/h1-4,8-11,15-17,22H,5-7,12-14H2,(H,24,25). The molecule has 2 atom stereocenters. The van der Waals surface area contributed by atoms with Gasteiger partial charge in [-0.15, -0.1) is 0 Å². The van der Waals surface area contributed by atoms with Gasteiger partial charge in [-0.05, 0) is 47.9 Å². The van der Waals surface area contributed by atoms with Crippen molar-refractivity contribution in [3.05, 3.63) is 59.7 Å². The van der Waals surface area contributed by atoms with Crippen molar-refractivity contribution >= 4 is 15.9 Å². The Morgan fingerprint density at radius 2 is 1.48 bits per heavy atom. The van der Waals surface area contributed by atoms with E-state index in [1.54, 1.807) is 0 Å². The van der Waals surface area contributed by atoms with E-state index in [1.807, 2.05) is 24.3 Å². The molecule has 2 fully saturated rings. The average Bonchev–Trinajstić information content (AvgIpc) is 3.01. The van der Waals surface area contributed by atoms with Gasteiger partial charge >= 0.3 is 6.09 Å². The highest BCUT2D eigenvalue weighted by Crippen LogP contribution is 2.44. The fourth-order valence-electron chi connectivity index (χ4n) is 5.33. The molecule has 2 aromatic carbocycles. The van der Waals surface area contributed by atoms with E-state index < -0.39 is 15.9 Å². The number of nitrogens with one attached hydrogen (secondary N) is 1. The normalized spacial score (nSPS) is 27.0. The van der Waals surface area contributed by atoms with Crippen molar-refractivity contribution in [2.75, 3.05) is 6.61 Å². The molecule has 5 nitrogen and oxygen atoms in total. The second-order valence-electron chi connectivity index (χ2n) is 8.40. The van der Waals surface area contributed by atoms with E-state index in [2.05, 4.69) is 29.6 Å². The Balaban J connectivity index is 1.25. The van der Waals surface area contributed by atoms with Gasteiger partial charge in [-0.3, -0.25) is 0 Å². The molecular weight excluding hydrogens is 386 g/mol. The third-order valence-electron chi connectivity index (χ3n) is 6.74. The minimum atomic E-state index is -3.02. The van der Waals surface area contributed by atoms with Crippen LogP contribution in [0, 0.1) is 0 Å². The molecule has 2 aliphatic heterocycles. The van der Waals surface area contributed by atoms with Crippen molar-refractivity contribution < 1.29 is 17.9 Å². The van der Waals surface area contributed by atoms with Crippen LogP contribution in [0.1, 0.15) is 49.1 Å². The van der Waals surface area contributed by atoms with Crippen LogP contribution < -0.4 is 5.32 Å². The lowest BCUT2D eigenvalue weighted by atomic mass is 9.95. The lowest BCUT2D eigenvalue weighted by Crippen LogP contribution is -2.51. The Labute approximate surface area is 171 Å². The summed E-state index contributed by atoms with van der Waals surface area (Å²) in [4.78, 5) is 12.5. The van der Waals surface area contributed by atoms with Crippen molar-refractivity contribution in [2.24, 2.45) is 0 Å². The number of hydrogen-bond acceptors (Lipinski definition) is 4. The first-order valence-corrected chi connectivity index (χ1v) is 12.0. The number of benzene rings is 2. The Kier molecular flexibility index (Phi) is 4.62. The number of fused-ring (bicyclic) bond motifs is 5. The molecule has 3 aliphatic rings. The molecule has 6 heteroatoms. The van der Waals surface area contributed by atoms with E-state index in [9.17, 15) is 13.2 Å². The van der Waals surface area contributed by atoms with Gasteiger partial charge in [0.1, 0.15) is 6.61 Å². The molecule has 1 N–H and O–H groups in total. The van der Waals surface area contributed by atoms with Crippen molar-refractivity contribution in [3.8, 4) is 11.1 Å². The quantitative estimate of drug-likeness (QED) is 0.828. The molecule has 2 bridgehead atoms. The van der Waals surface area contributed by atoms with Crippen molar-refractivity contribution in [1.82, 2.24) is 5.32 Å². The third-order valence-corrected chi connectivity index (χ3v) is 9.46. The minimum Gasteiger partial charge on any atom is -0.449 e. The first-order valence-electron chi connectivity index (χ1n) is 10.4. The van der Waals surface area contributed by atoms with Crippen LogP contribution in [0.4, 0.5) is 4.79 Å². The highest BCUT2D eigenvalue weighted by atomic mass is 32.2. The summed E-state index contributed by atoms with van der Waals surface area (Å²) in [6.07, 6.45) is 2.94. The topological polar surface area (TPSA) is 72.5 Å². The van der Waals surface area contributed by atoms with Gasteiger partial charge in [0, 0.05) is 12.0 Å². The van der Waals surface area contributed by atoms with E-state index >= 15 is 0 Å². The van der Waals surface area contributed by atoms with E-state index in [0.29, 0.717) is 25.7 Å². The zero-order valence-electron chi connectivity index (χ0n) is 16.2. The number of alkyl carbamates (subject to hydrolysis) is 1. The van der Waals surface area contributed by atoms with Gasteiger partial charge < -0.3 is 10.1 Å². The molecule has 0 aromatic heterocycles. The molecule has 2 heterocycles. The van der Waals surface area contributed by atoms with Gasteiger partial charge in [0.15, 0.2) is 9.84 Å². The predicted octanol–water partition coefficient (Wildman–Crippen LogP) is 4.02. The second-order valence-corrected chi connectivity index (χ2v) is 10.9. The van der Waals surface area contributed by atoms with Gasteiger partial charge in [-0.2, -0.15) is 0 Å². The SMILES string of the molecule is O=C(NC1CC2CCCC(C1)S2(=O)=O)OCC1c2ccccc2-c2ccccc21. The minimum absolute atomic E-state index is 0.0271. The van der Waals surface area contributed by atoms with Crippen molar-refractivity contribution in [2.45, 2.75) is 54.6 Å². The summed E-state index contributed by atoms with van der Waals surface area (Å²) in [5, 5.41) is 2.31. The van der Waals surface area contributed by atoms with Gasteiger partial charge in [0.25, 0.3) is 0 Å². The van der Waals surface area contributed by atoms with Gasteiger partial charge in [0.2, 0.25) is 0 Å². The van der Waals surface area contributed by atoms with Gasteiger partial charge in [0.05, 0.1) is 10.5 Å². The van der Waals surface area contributed by atoms with Crippen LogP contribution >= 0.6 is 0 Å². The number of hydrogen-bond donors (Lipinski definition) is 1. The number of ether oxygens (including phenoxy) is 1. The molecule has 1 aliphatic carbocycles. The van der Waals surface area contributed by atoms with Crippen molar-refractivity contribution in [3.63, 3.8) is 0 Å². The number of amides is 1. The Morgan fingerprint density at radius 1 is 0.931 bits per heavy atom. The van der Waals surface area contributed by atoms with E-state index in [4.69, 9.17) is 4.74 Å². The largest absolute Gasteiger partial charge is 0.449 e. The molecule has 29 heavy (non-hydrogen) atoms. The molecule has 5 rings (SSSR count). The van der Waals surface area contributed by atoms with Crippen LogP contribution in [0.15, 0.2) is 48.5 Å². The summed E-state index contributed by atoms with van der Waals surface area (Å²) in [5.74, 6) is 0.0271. The molecule has 2 saturated heterocycles. The van der Waals surface area contributed by atoms with Crippen LogP contribution in [0.5, 0.6) is 0 Å². The molecule has 0 radical (unpaired) electrons. The van der Waals surface area contributed by atoms with Crippen LogP contribution in [0.25, 0.3) is 11.1 Å². The number of sulfone groups is 1. The molecule has 0 spiro atoms. The maximum atomic E-state index is 12.5. The first-order chi connectivity index (χ1) is 14.0. The summed E-state index contributed by atoms with van der Waals surface area (Å²) < 4.78 is 30.4. The first kappa shape index (κ1) is 18.7. The van der Waals surface area contributed by atoms with E-state index in [0.717, 1.165) is 6.42 Å². The maximum Gasteiger partial charge on any atom is 0.407 e. The van der Waals surface area contributed by atoms with Crippen molar-refractivity contribution in [1.29, 1.82) is 0 Å². The van der Waals surface area contributed by atoms with E-state index in [-0.39, 0.29) is 29.1 Å². The monoisotopic (exact) mass is 411 g/mol. The average molecular weight is 412 g/mol. The van der Waals surface area contributed by atoms with Crippen LogP contribution in [-0.4, -0.2) is 37.7 Å². The zero-order valence-corrected chi connectivity index (χ0v) is 17.0. The van der Waals surface area contributed by atoms with Gasteiger partial charge in [-0.1, -0.05) is 55.0 Å². The maximum absolute atomic E-state index is 12.5. The number of rotatable bonds is 3. The smallest absolute Gasteiger partial charge is 0.407 e. The molecule has 0 saturated carbocycles. The molecule has 2 unspecified atom stereocenters. The predicted molar refractivity (Wildman–Crippen MR) is 112 cm³/mol. The zero-order chi connectivity index (χ0) is 20.0. The lowest BCUT2D eigenvalue weighted by Gasteiger charge is -2.38.